The fourth-order valence-corrected chi connectivity index (χ4v) is 1.95. The lowest BCUT2D eigenvalue weighted by Gasteiger charge is -2.10. The lowest BCUT2D eigenvalue weighted by Crippen LogP contribution is -2.13. The number of benzene rings is 1. The summed E-state index contributed by atoms with van der Waals surface area (Å²) in [6, 6.07) is 4.69. The van der Waals surface area contributed by atoms with Crippen LogP contribution in [0.2, 0.25) is 0 Å². The molecule has 0 aliphatic heterocycles. The monoisotopic (exact) mass is 316 g/mol. The maximum Gasteiger partial charge on any atom is 0.250 e. The number of aromatic nitrogens is 6. The summed E-state index contributed by atoms with van der Waals surface area (Å²) in [6.45, 7) is 7.94. The summed E-state index contributed by atoms with van der Waals surface area (Å²) in [6.07, 6.45) is 0. The zero-order valence-electron chi connectivity index (χ0n) is 13.4. The van der Waals surface area contributed by atoms with Crippen molar-refractivity contribution in [1.29, 1.82) is 0 Å². The Labute approximate surface area is 132 Å². The highest BCUT2D eigenvalue weighted by Crippen LogP contribution is 2.19. The highest BCUT2D eigenvalue weighted by atomic mass is 19.1. The van der Waals surface area contributed by atoms with E-state index in [2.05, 4.69) is 25.6 Å². The second-order valence-electron chi connectivity index (χ2n) is 6.37. The molecule has 0 aliphatic carbocycles. The maximum absolute atomic E-state index is 13.3. The standard InChI is InChI=1S/C15H17FN6O/c1-9-7-10(5-6-11(9)16)13-18-21-22(19-13)8-12-17-14(20-23-12)15(2,3)4/h5-7H,8H2,1-4H3. The first-order valence-corrected chi connectivity index (χ1v) is 7.20. The van der Waals surface area contributed by atoms with Crippen LogP contribution in [0.15, 0.2) is 22.7 Å². The van der Waals surface area contributed by atoms with Gasteiger partial charge in [-0.05, 0) is 35.9 Å². The molecule has 0 bridgehead atoms. The van der Waals surface area contributed by atoms with E-state index in [1.807, 2.05) is 20.8 Å². The molecule has 1 aromatic carbocycles. The van der Waals surface area contributed by atoms with Gasteiger partial charge in [-0.25, -0.2) is 4.39 Å². The molecule has 0 N–H and O–H groups in total. The lowest BCUT2D eigenvalue weighted by atomic mass is 9.96. The van der Waals surface area contributed by atoms with E-state index in [1.54, 1.807) is 19.1 Å². The first kappa shape index (κ1) is 15.3. The Kier molecular flexibility index (Phi) is 3.67. The molecule has 3 rings (SSSR count). The molecule has 2 aromatic heterocycles. The quantitative estimate of drug-likeness (QED) is 0.738. The molecule has 120 valence electrons. The Balaban J connectivity index is 1.79. The van der Waals surface area contributed by atoms with Crippen LogP contribution < -0.4 is 0 Å². The number of nitrogens with zero attached hydrogens (tertiary/aromatic N) is 6. The van der Waals surface area contributed by atoms with E-state index in [1.165, 1.54) is 10.9 Å². The van der Waals surface area contributed by atoms with Crippen molar-refractivity contribution < 1.29 is 8.91 Å². The molecule has 0 saturated carbocycles. The van der Waals surface area contributed by atoms with Crippen molar-refractivity contribution in [2.45, 2.75) is 39.7 Å². The van der Waals surface area contributed by atoms with Crippen LogP contribution in [0.3, 0.4) is 0 Å². The zero-order chi connectivity index (χ0) is 16.6. The number of tetrazole rings is 1. The van der Waals surface area contributed by atoms with Crippen molar-refractivity contribution in [3.05, 3.63) is 41.3 Å². The van der Waals surface area contributed by atoms with Crippen LogP contribution >= 0.6 is 0 Å². The van der Waals surface area contributed by atoms with E-state index in [0.717, 1.165) is 0 Å². The summed E-state index contributed by atoms with van der Waals surface area (Å²) >= 11 is 0. The molecule has 8 heteroatoms. The second kappa shape index (κ2) is 5.53. The minimum Gasteiger partial charge on any atom is -0.337 e. The Bertz CT molecular complexity index is 833. The van der Waals surface area contributed by atoms with Gasteiger partial charge in [0.05, 0.1) is 0 Å². The number of halogens is 1. The third kappa shape index (κ3) is 3.25. The first-order valence-electron chi connectivity index (χ1n) is 7.20. The van der Waals surface area contributed by atoms with Crippen LogP contribution in [0.5, 0.6) is 0 Å². The van der Waals surface area contributed by atoms with Crippen molar-refractivity contribution in [2.75, 3.05) is 0 Å². The zero-order valence-corrected chi connectivity index (χ0v) is 13.4. The Hall–Kier alpha value is -2.64. The third-order valence-electron chi connectivity index (χ3n) is 3.28. The van der Waals surface area contributed by atoms with Crippen LogP contribution in [-0.4, -0.2) is 30.3 Å². The minimum atomic E-state index is -0.262. The smallest absolute Gasteiger partial charge is 0.250 e. The molecule has 7 nitrogen and oxygen atoms in total. The van der Waals surface area contributed by atoms with E-state index in [9.17, 15) is 4.39 Å². The second-order valence-corrected chi connectivity index (χ2v) is 6.37. The van der Waals surface area contributed by atoms with Gasteiger partial charge in [-0.15, -0.1) is 10.2 Å². The fourth-order valence-electron chi connectivity index (χ4n) is 1.95. The molecule has 0 atom stereocenters. The van der Waals surface area contributed by atoms with Crippen LogP contribution in [0.1, 0.15) is 38.0 Å². The van der Waals surface area contributed by atoms with Crippen molar-refractivity contribution in [1.82, 2.24) is 30.3 Å². The van der Waals surface area contributed by atoms with Gasteiger partial charge in [0.2, 0.25) is 11.7 Å². The summed E-state index contributed by atoms with van der Waals surface area (Å²) in [5.41, 5.74) is 1.05. The van der Waals surface area contributed by atoms with E-state index >= 15 is 0 Å². The number of aryl methyl sites for hydroxylation is 1. The first-order chi connectivity index (χ1) is 10.8. The molecule has 23 heavy (non-hydrogen) atoms. The molecule has 3 aromatic rings. The van der Waals surface area contributed by atoms with Gasteiger partial charge in [0, 0.05) is 11.0 Å². The van der Waals surface area contributed by atoms with Gasteiger partial charge >= 0.3 is 0 Å². The fraction of sp³-hybridized carbons (Fsp3) is 0.400. The van der Waals surface area contributed by atoms with Gasteiger partial charge in [0.25, 0.3) is 0 Å². The molecule has 0 fully saturated rings. The summed E-state index contributed by atoms with van der Waals surface area (Å²) < 4.78 is 18.5. The van der Waals surface area contributed by atoms with Crippen molar-refractivity contribution in [3.8, 4) is 11.4 Å². The van der Waals surface area contributed by atoms with Crippen molar-refractivity contribution in [2.24, 2.45) is 0 Å². The summed E-state index contributed by atoms with van der Waals surface area (Å²) in [7, 11) is 0. The van der Waals surface area contributed by atoms with Crippen LogP contribution in [0.4, 0.5) is 4.39 Å². The highest BCUT2D eigenvalue weighted by Gasteiger charge is 2.21. The minimum absolute atomic E-state index is 0.186. The predicted octanol–water partition coefficient (Wildman–Crippen LogP) is 2.52. The normalized spacial score (nSPS) is 11.9. The van der Waals surface area contributed by atoms with Crippen molar-refractivity contribution in [3.63, 3.8) is 0 Å². The molecule has 0 unspecified atom stereocenters. The van der Waals surface area contributed by atoms with Gasteiger partial charge in [-0.1, -0.05) is 25.9 Å². The number of hydrogen-bond acceptors (Lipinski definition) is 6. The average molecular weight is 316 g/mol. The van der Waals surface area contributed by atoms with E-state index < -0.39 is 0 Å². The molecular weight excluding hydrogens is 299 g/mol. The van der Waals surface area contributed by atoms with Gasteiger partial charge in [0.15, 0.2) is 5.82 Å². The number of rotatable bonds is 3. The predicted molar refractivity (Wildman–Crippen MR) is 80.0 cm³/mol. The van der Waals surface area contributed by atoms with Gasteiger partial charge < -0.3 is 4.52 Å². The largest absolute Gasteiger partial charge is 0.337 e. The molecule has 0 saturated heterocycles. The summed E-state index contributed by atoms with van der Waals surface area (Å²) in [5.74, 6) is 1.20. The van der Waals surface area contributed by atoms with Crippen LogP contribution in [0.25, 0.3) is 11.4 Å². The molecule has 0 radical (unpaired) electrons. The summed E-state index contributed by atoms with van der Waals surface area (Å²) in [4.78, 5) is 5.70. The van der Waals surface area contributed by atoms with E-state index in [4.69, 9.17) is 4.52 Å². The maximum atomic E-state index is 13.3. The van der Waals surface area contributed by atoms with Crippen molar-refractivity contribution >= 4 is 0 Å². The van der Waals surface area contributed by atoms with Gasteiger partial charge in [-0.2, -0.15) is 9.78 Å². The van der Waals surface area contributed by atoms with E-state index in [-0.39, 0.29) is 17.8 Å². The molecule has 0 amide bonds. The lowest BCUT2D eigenvalue weighted by molar-refractivity contribution is 0.345. The van der Waals surface area contributed by atoms with Gasteiger partial charge in [0.1, 0.15) is 12.4 Å². The Morgan fingerprint density at radius 1 is 1.26 bits per heavy atom. The molecule has 2 heterocycles. The SMILES string of the molecule is Cc1cc(-c2nnn(Cc3nc(C(C)(C)C)no3)n2)ccc1F. The summed E-state index contributed by atoms with van der Waals surface area (Å²) in [5, 5.41) is 16.2. The highest BCUT2D eigenvalue weighted by molar-refractivity contribution is 5.55. The Morgan fingerprint density at radius 3 is 2.70 bits per heavy atom. The van der Waals surface area contributed by atoms with Crippen LogP contribution in [0, 0.1) is 12.7 Å². The third-order valence-corrected chi connectivity index (χ3v) is 3.28. The molecular formula is C15H17FN6O. The average Bonchev–Trinajstić information content (AvgIpc) is 3.11. The molecule has 0 aliphatic rings. The Morgan fingerprint density at radius 2 is 2.04 bits per heavy atom. The van der Waals surface area contributed by atoms with Crippen LogP contribution in [-0.2, 0) is 12.0 Å². The van der Waals surface area contributed by atoms with E-state index in [0.29, 0.717) is 28.7 Å². The number of hydrogen-bond donors (Lipinski definition) is 0. The topological polar surface area (TPSA) is 82.5 Å². The molecule has 0 spiro atoms. The van der Waals surface area contributed by atoms with Gasteiger partial charge in [-0.3, -0.25) is 0 Å².